The summed E-state index contributed by atoms with van der Waals surface area (Å²) >= 11 is 5.72. The van der Waals surface area contributed by atoms with E-state index in [0.29, 0.717) is 18.0 Å². The highest BCUT2D eigenvalue weighted by molar-refractivity contribution is 7.89. The van der Waals surface area contributed by atoms with Gasteiger partial charge in [-0.05, 0) is 30.7 Å². The molecule has 0 unspecified atom stereocenters. The zero-order valence-corrected chi connectivity index (χ0v) is 11.7. The van der Waals surface area contributed by atoms with Gasteiger partial charge in [-0.1, -0.05) is 11.6 Å². The SMILES string of the molecule is O=S(=O)(NCCCn1ccnc1)c1ccc(Cl)cc1. The van der Waals surface area contributed by atoms with Gasteiger partial charge in [0, 0.05) is 30.5 Å². The molecule has 1 aromatic carbocycles. The van der Waals surface area contributed by atoms with Crippen molar-refractivity contribution in [1.82, 2.24) is 14.3 Å². The van der Waals surface area contributed by atoms with Crippen molar-refractivity contribution in [3.8, 4) is 0 Å². The van der Waals surface area contributed by atoms with Crippen LogP contribution >= 0.6 is 11.6 Å². The third kappa shape index (κ3) is 4.05. The number of rotatable bonds is 6. The molecule has 0 saturated carbocycles. The van der Waals surface area contributed by atoms with Crippen molar-refractivity contribution < 1.29 is 8.42 Å². The molecule has 2 aromatic rings. The van der Waals surface area contributed by atoms with Gasteiger partial charge < -0.3 is 4.57 Å². The standard InChI is InChI=1S/C12H14ClN3O2S/c13-11-2-4-12(5-3-11)19(17,18)15-6-1-8-16-9-7-14-10-16/h2-5,7,9-10,15H,1,6,8H2. The van der Waals surface area contributed by atoms with E-state index in [1.807, 2.05) is 10.8 Å². The molecule has 1 aromatic heterocycles. The molecule has 0 spiro atoms. The Kier molecular flexibility index (Phi) is 4.57. The first kappa shape index (κ1) is 14.0. The minimum absolute atomic E-state index is 0.222. The number of sulfonamides is 1. The molecule has 102 valence electrons. The molecule has 0 amide bonds. The molecule has 0 aliphatic rings. The molecule has 19 heavy (non-hydrogen) atoms. The van der Waals surface area contributed by atoms with Gasteiger partial charge in [-0.25, -0.2) is 18.1 Å². The first-order valence-electron chi connectivity index (χ1n) is 5.79. The number of imidazole rings is 1. The molecular formula is C12H14ClN3O2S. The van der Waals surface area contributed by atoms with Gasteiger partial charge in [-0.3, -0.25) is 0 Å². The summed E-state index contributed by atoms with van der Waals surface area (Å²) < 4.78 is 28.3. The summed E-state index contributed by atoms with van der Waals surface area (Å²) in [6, 6.07) is 6.09. The third-order valence-electron chi connectivity index (χ3n) is 2.57. The van der Waals surface area contributed by atoms with Crippen molar-refractivity contribution in [2.75, 3.05) is 6.54 Å². The second-order valence-electron chi connectivity index (χ2n) is 4.01. The van der Waals surface area contributed by atoms with E-state index in [4.69, 9.17) is 11.6 Å². The highest BCUT2D eigenvalue weighted by Crippen LogP contribution is 2.13. The summed E-state index contributed by atoms with van der Waals surface area (Å²) in [5, 5.41) is 0.513. The van der Waals surface area contributed by atoms with E-state index < -0.39 is 10.0 Å². The topological polar surface area (TPSA) is 64.0 Å². The van der Waals surface area contributed by atoms with E-state index in [1.165, 1.54) is 12.1 Å². The number of benzene rings is 1. The van der Waals surface area contributed by atoms with Gasteiger partial charge in [-0.15, -0.1) is 0 Å². The minimum atomic E-state index is -3.45. The van der Waals surface area contributed by atoms with Crippen LogP contribution < -0.4 is 4.72 Å². The van der Waals surface area contributed by atoms with Crippen LogP contribution in [0, 0.1) is 0 Å². The van der Waals surface area contributed by atoms with Crippen LogP contribution in [-0.4, -0.2) is 24.5 Å². The number of halogens is 1. The Bertz CT molecular complexity index is 609. The maximum atomic E-state index is 11.9. The minimum Gasteiger partial charge on any atom is -0.337 e. The lowest BCUT2D eigenvalue weighted by Crippen LogP contribution is -2.25. The van der Waals surface area contributed by atoms with Crippen LogP contribution in [0.5, 0.6) is 0 Å². The van der Waals surface area contributed by atoms with Crippen molar-refractivity contribution >= 4 is 21.6 Å². The Morgan fingerprint density at radius 1 is 1.26 bits per heavy atom. The van der Waals surface area contributed by atoms with Gasteiger partial charge in [0.25, 0.3) is 0 Å². The highest BCUT2D eigenvalue weighted by atomic mass is 35.5. The molecule has 0 bridgehead atoms. The molecule has 0 atom stereocenters. The van der Waals surface area contributed by atoms with Crippen LogP contribution in [0.2, 0.25) is 5.02 Å². The lowest BCUT2D eigenvalue weighted by atomic mass is 10.4. The van der Waals surface area contributed by atoms with Crippen LogP contribution in [-0.2, 0) is 16.6 Å². The predicted octanol–water partition coefficient (Wildman–Crippen LogP) is 1.91. The summed E-state index contributed by atoms with van der Waals surface area (Å²) in [6.45, 7) is 1.10. The lowest BCUT2D eigenvalue weighted by molar-refractivity contribution is 0.570. The van der Waals surface area contributed by atoms with Crippen LogP contribution in [0.25, 0.3) is 0 Å². The lowest BCUT2D eigenvalue weighted by Gasteiger charge is -2.07. The van der Waals surface area contributed by atoms with E-state index in [-0.39, 0.29) is 4.90 Å². The fraction of sp³-hybridized carbons (Fsp3) is 0.250. The number of aromatic nitrogens is 2. The first-order valence-corrected chi connectivity index (χ1v) is 7.65. The molecule has 0 saturated heterocycles. The van der Waals surface area contributed by atoms with E-state index >= 15 is 0 Å². The van der Waals surface area contributed by atoms with Gasteiger partial charge in [0.1, 0.15) is 0 Å². The average molecular weight is 300 g/mol. The molecule has 1 N–H and O–H groups in total. The van der Waals surface area contributed by atoms with Crippen molar-refractivity contribution in [3.63, 3.8) is 0 Å². The fourth-order valence-electron chi connectivity index (χ4n) is 1.58. The van der Waals surface area contributed by atoms with E-state index in [2.05, 4.69) is 9.71 Å². The van der Waals surface area contributed by atoms with E-state index in [9.17, 15) is 8.42 Å². The summed E-state index contributed by atoms with van der Waals surface area (Å²) in [7, 11) is -3.45. The monoisotopic (exact) mass is 299 g/mol. The Morgan fingerprint density at radius 3 is 2.63 bits per heavy atom. The van der Waals surface area contributed by atoms with Crippen molar-refractivity contribution in [3.05, 3.63) is 48.0 Å². The summed E-state index contributed by atoms with van der Waals surface area (Å²) in [5.74, 6) is 0. The third-order valence-corrected chi connectivity index (χ3v) is 4.30. The quantitative estimate of drug-likeness (QED) is 0.829. The number of nitrogens with zero attached hydrogens (tertiary/aromatic N) is 2. The molecule has 2 rings (SSSR count). The fourth-order valence-corrected chi connectivity index (χ4v) is 2.78. The first-order chi connectivity index (χ1) is 9.08. The Labute approximate surface area is 117 Å². The average Bonchev–Trinajstić information content (AvgIpc) is 2.88. The van der Waals surface area contributed by atoms with Gasteiger partial charge in [0.2, 0.25) is 10.0 Å². The molecule has 7 heteroatoms. The van der Waals surface area contributed by atoms with Gasteiger partial charge in [0.15, 0.2) is 0 Å². The molecular weight excluding hydrogens is 286 g/mol. The number of nitrogens with one attached hydrogen (secondary N) is 1. The number of aryl methyl sites for hydroxylation is 1. The Hall–Kier alpha value is -1.37. The van der Waals surface area contributed by atoms with Crippen molar-refractivity contribution in [1.29, 1.82) is 0 Å². The maximum Gasteiger partial charge on any atom is 0.240 e. The van der Waals surface area contributed by atoms with E-state index in [0.717, 1.165) is 6.54 Å². The normalized spacial score (nSPS) is 11.6. The number of hydrogen-bond acceptors (Lipinski definition) is 3. The second kappa shape index (κ2) is 6.18. The molecule has 1 heterocycles. The molecule has 0 fully saturated rings. The zero-order chi connectivity index (χ0) is 13.7. The van der Waals surface area contributed by atoms with Gasteiger partial charge in [0.05, 0.1) is 11.2 Å². The van der Waals surface area contributed by atoms with Crippen molar-refractivity contribution in [2.24, 2.45) is 0 Å². The smallest absolute Gasteiger partial charge is 0.240 e. The van der Waals surface area contributed by atoms with Crippen LogP contribution in [0.3, 0.4) is 0 Å². The van der Waals surface area contributed by atoms with E-state index in [1.54, 1.807) is 24.7 Å². The van der Waals surface area contributed by atoms with Gasteiger partial charge >= 0.3 is 0 Å². The van der Waals surface area contributed by atoms with Gasteiger partial charge in [-0.2, -0.15) is 0 Å². The molecule has 0 aliphatic heterocycles. The molecule has 5 nitrogen and oxygen atoms in total. The predicted molar refractivity (Wildman–Crippen MR) is 73.5 cm³/mol. The molecule has 0 radical (unpaired) electrons. The summed E-state index contributed by atoms with van der Waals surface area (Å²) in [5.41, 5.74) is 0. The zero-order valence-electron chi connectivity index (χ0n) is 10.2. The van der Waals surface area contributed by atoms with Crippen LogP contribution in [0.1, 0.15) is 6.42 Å². The molecule has 0 aliphatic carbocycles. The van der Waals surface area contributed by atoms with Crippen LogP contribution in [0.15, 0.2) is 47.9 Å². The highest BCUT2D eigenvalue weighted by Gasteiger charge is 2.12. The Balaban J connectivity index is 1.86. The largest absolute Gasteiger partial charge is 0.337 e. The summed E-state index contributed by atoms with van der Waals surface area (Å²) in [6.07, 6.45) is 5.93. The summed E-state index contributed by atoms with van der Waals surface area (Å²) in [4.78, 5) is 4.14. The van der Waals surface area contributed by atoms with Crippen molar-refractivity contribution in [2.45, 2.75) is 17.9 Å². The second-order valence-corrected chi connectivity index (χ2v) is 6.21. The van der Waals surface area contributed by atoms with Crippen LogP contribution in [0.4, 0.5) is 0 Å². The maximum absolute atomic E-state index is 11.9. The Morgan fingerprint density at radius 2 is 2.00 bits per heavy atom. The number of hydrogen-bond donors (Lipinski definition) is 1.